The van der Waals surface area contributed by atoms with Crippen LogP contribution in [0.15, 0.2) is 48.5 Å². The zero-order valence-electron chi connectivity index (χ0n) is 19.6. The van der Waals surface area contributed by atoms with Crippen LogP contribution in [0.2, 0.25) is 0 Å². The van der Waals surface area contributed by atoms with E-state index in [9.17, 15) is 14.4 Å². The lowest BCUT2D eigenvalue weighted by Crippen LogP contribution is -2.44. The molecule has 0 aliphatic rings. The second kappa shape index (κ2) is 11.4. The van der Waals surface area contributed by atoms with Crippen molar-refractivity contribution in [3.63, 3.8) is 0 Å². The van der Waals surface area contributed by atoms with Gasteiger partial charge in [-0.3, -0.25) is 19.3 Å². The number of hydrogen-bond donors (Lipinski definition) is 3. The number of carbonyl (C=O) groups excluding carboxylic acids is 3. The van der Waals surface area contributed by atoms with Gasteiger partial charge in [0, 0.05) is 19.3 Å². The molecule has 0 radical (unpaired) electrons. The average Bonchev–Trinajstić information content (AvgIpc) is 3.23. The molecule has 35 heavy (non-hydrogen) atoms. The van der Waals surface area contributed by atoms with Gasteiger partial charge in [0.1, 0.15) is 16.7 Å². The van der Waals surface area contributed by atoms with Gasteiger partial charge in [-0.05, 0) is 53.8 Å². The number of hydrogen-bond acceptors (Lipinski definition) is 8. The Morgan fingerprint density at radius 3 is 2.43 bits per heavy atom. The highest BCUT2D eigenvalue weighted by Crippen LogP contribution is 2.34. The number of nitrogens with one attached hydrogen (secondary N) is 1. The molecule has 0 bridgehead atoms. The van der Waals surface area contributed by atoms with E-state index in [0.717, 1.165) is 17.1 Å². The summed E-state index contributed by atoms with van der Waals surface area (Å²) in [5.74, 6) is -1.27. The maximum Gasteiger partial charge on any atom is 0.273 e. The van der Waals surface area contributed by atoms with Gasteiger partial charge in [0.25, 0.3) is 11.8 Å². The molecule has 1 heterocycles. The van der Waals surface area contributed by atoms with E-state index in [2.05, 4.69) is 9.69 Å². The molecule has 0 aliphatic carbocycles. The number of aromatic nitrogens is 1. The van der Waals surface area contributed by atoms with E-state index in [4.69, 9.17) is 20.9 Å². The molecule has 0 fully saturated rings. The Labute approximate surface area is 207 Å². The van der Waals surface area contributed by atoms with Crippen LogP contribution in [-0.4, -0.2) is 49.5 Å². The van der Waals surface area contributed by atoms with E-state index in [0.29, 0.717) is 23.6 Å². The number of aryl methyl sites for hydroxylation is 1. The molecule has 184 valence electrons. The smallest absolute Gasteiger partial charge is 0.273 e. The van der Waals surface area contributed by atoms with E-state index in [1.54, 1.807) is 42.5 Å². The Morgan fingerprint density at radius 2 is 1.86 bits per heavy atom. The molecule has 0 unspecified atom stereocenters. The molecule has 5 N–H and O–H groups in total. The number of nitrogen functional groups attached to an aromatic ring is 1. The van der Waals surface area contributed by atoms with Crippen molar-refractivity contribution in [2.24, 2.45) is 5.73 Å². The summed E-state index contributed by atoms with van der Waals surface area (Å²) in [5.41, 5.74) is 13.0. The van der Waals surface area contributed by atoms with Crippen molar-refractivity contribution in [2.75, 3.05) is 38.0 Å². The molecule has 0 saturated carbocycles. The highest BCUT2D eigenvalue weighted by atomic mass is 32.1. The van der Waals surface area contributed by atoms with Gasteiger partial charge in [-0.1, -0.05) is 24.3 Å². The van der Waals surface area contributed by atoms with Crippen molar-refractivity contribution in [1.82, 2.24) is 9.69 Å². The normalized spacial score (nSPS) is 11.5. The summed E-state index contributed by atoms with van der Waals surface area (Å²) < 4.78 is 14.2. The molecule has 3 aromatic rings. The highest BCUT2D eigenvalue weighted by Gasteiger charge is 2.36. The highest BCUT2D eigenvalue weighted by molar-refractivity contribution is 7.09. The second-order valence-corrected chi connectivity index (χ2v) is 8.39. The molecule has 10 nitrogen and oxygen atoms in total. The van der Waals surface area contributed by atoms with Crippen LogP contribution in [0, 0.1) is 6.92 Å². The fourth-order valence-corrected chi connectivity index (χ4v) is 4.22. The van der Waals surface area contributed by atoms with Crippen LogP contribution in [0.25, 0.3) is 0 Å². The zero-order chi connectivity index (χ0) is 25.5. The first-order valence-electron chi connectivity index (χ1n) is 10.6. The maximum atomic E-state index is 13.9. The van der Waals surface area contributed by atoms with Gasteiger partial charge in [0.2, 0.25) is 5.91 Å². The fraction of sp³-hybridized carbons (Fsp3) is 0.250. The van der Waals surface area contributed by atoms with Crippen molar-refractivity contribution < 1.29 is 23.9 Å². The van der Waals surface area contributed by atoms with Crippen LogP contribution in [0.1, 0.15) is 37.3 Å². The Bertz CT molecular complexity index is 1210. The van der Waals surface area contributed by atoms with Gasteiger partial charge in [-0.15, -0.1) is 0 Å². The van der Waals surface area contributed by atoms with Crippen LogP contribution in [0.5, 0.6) is 5.75 Å². The van der Waals surface area contributed by atoms with E-state index in [-0.39, 0.29) is 22.8 Å². The van der Waals surface area contributed by atoms with Gasteiger partial charge in [0.05, 0.1) is 19.4 Å². The monoisotopic (exact) mass is 497 g/mol. The third-order valence-electron chi connectivity index (χ3n) is 5.20. The van der Waals surface area contributed by atoms with Crippen molar-refractivity contribution in [2.45, 2.75) is 13.0 Å². The van der Waals surface area contributed by atoms with Crippen LogP contribution in [0.3, 0.4) is 0 Å². The standard InChI is InChI=1S/C24H27N5O5S/c1-14-5-4-6-16(13-14)29(24(32)21-18(25)19(22(26)30)28-35-21)20(23(31)27-11-12-33-2)15-7-9-17(34-3)10-8-15/h4-10,13,20H,11-12,25H2,1-3H3,(H2,26,30)(H,27,31)/t20-/m0/s1. The molecule has 1 aromatic heterocycles. The number of carbonyl (C=O) groups is 3. The lowest BCUT2D eigenvalue weighted by Gasteiger charge is -2.31. The second-order valence-electron chi connectivity index (χ2n) is 7.61. The van der Waals surface area contributed by atoms with Crippen molar-refractivity contribution >= 4 is 40.6 Å². The van der Waals surface area contributed by atoms with E-state index in [1.165, 1.54) is 19.1 Å². The molecular weight excluding hydrogens is 470 g/mol. The fourth-order valence-electron chi connectivity index (χ4n) is 3.48. The zero-order valence-corrected chi connectivity index (χ0v) is 20.4. The number of methoxy groups -OCH3 is 2. The minimum Gasteiger partial charge on any atom is -0.497 e. The molecule has 1 atom stereocenters. The number of anilines is 2. The van der Waals surface area contributed by atoms with Crippen LogP contribution >= 0.6 is 11.5 Å². The number of nitrogens with zero attached hydrogens (tertiary/aromatic N) is 2. The van der Waals surface area contributed by atoms with Gasteiger partial charge in [0.15, 0.2) is 5.69 Å². The van der Waals surface area contributed by atoms with Crippen molar-refractivity contribution in [3.8, 4) is 5.75 Å². The summed E-state index contributed by atoms with van der Waals surface area (Å²) in [7, 11) is 3.06. The van der Waals surface area contributed by atoms with Crippen LogP contribution in [-0.2, 0) is 9.53 Å². The Balaban J connectivity index is 2.17. The van der Waals surface area contributed by atoms with E-state index in [1.807, 2.05) is 13.0 Å². The van der Waals surface area contributed by atoms with Crippen molar-refractivity contribution in [3.05, 3.63) is 70.2 Å². The predicted octanol–water partition coefficient (Wildman–Crippen LogP) is 2.29. The minimum atomic E-state index is -1.08. The topological polar surface area (TPSA) is 150 Å². The van der Waals surface area contributed by atoms with Gasteiger partial charge in [-0.25, -0.2) is 0 Å². The predicted molar refractivity (Wildman–Crippen MR) is 134 cm³/mol. The summed E-state index contributed by atoms with van der Waals surface area (Å²) in [5, 5.41) is 2.81. The summed E-state index contributed by atoms with van der Waals surface area (Å²) in [6.07, 6.45) is 0. The SMILES string of the molecule is COCCNC(=O)[C@H](c1ccc(OC)cc1)N(C(=O)c1snc(C(N)=O)c1N)c1cccc(C)c1. The van der Waals surface area contributed by atoms with E-state index >= 15 is 0 Å². The third-order valence-corrected chi connectivity index (χ3v) is 6.05. The number of amides is 3. The Hall–Kier alpha value is -3.96. The molecule has 0 saturated heterocycles. The molecule has 2 aromatic carbocycles. The summed E-state index contributed by atoms with van der Waals surface area (Å²) in [6.45, 7) is 2.41. The molecule has 3 amide bonds. The first kappa shape index (κ1) is 25.7. The van der Waals surface area contributed by atoms with Gasteiger partial charge in [-0.2, -0.15) is 4.37 Å². The third kappa shape index (κ3) is 5.76. The maximum absolute atomic E-state index is 13.9. The van der Waals surface area contributed by atoms with Gasteiger partial charge < -0.3 is 26.3 Å². The molecule has 11 heteroatoms. The number of nitrogens with two attached hydrogens (primary N) is 2. The molecule has 0 aliphatic heterocycles. The van der Waals surface area contributed by atoms with Crippen molar-refractivity contribution in [1.29, 1.82) is 0 Å². The summed E-state index contributed by atoms with van der Waals surface area (Å²) in [6, 6.07) is 12.9. The first-order chi connectivity index (χ1) is 16.8. The number of rotatable bonds is 10. The molecular formula is C24H27N5O5S. The first-order valence-corrected chi connectivity index (χ1v) is 11.4. The quantitative estimate of drug-likeness (QED) is 0.364. The van der Waals surface area contributed by atoms with Crippen LogP contribution in [0.4, 0.5) is 11.4 Å². The lowest BCUT2D eigenvalue weighted by atomic mass is 10.0. The summed E-state index contributed by atoms with van der Waals surface area (Å²) in [4.78, 5) is 40.4. The number of ether oxygens (including phenoxy) is 2. The minimum absolute atomic E-state index is 0.00325. The van der Waals surface area contributed by atoms with E-state index < -0.39 is 23.8 Å². The van der Waals surface area contributed by atoms with Gasteiger partial charge >= 0.3 is 0 Å². The number of primary amides is 1. The van der Waals surface area contributed by atoms with Crippen LogP contribution < -0.4 is 26.4 Å². The largest absolute Gasteiger partial charge is 0.497 e. The Kier molecular flexibility index (Phi) is 8.39. The molecule has 3 rings (SSSR count). The number of benzene rings is 2. The lowest BCUT2D eigenvalue weighted by molar-refractivity contribution is -0.122. The summed E-state index contributed by atoms with van der Waals surface area (Å²) >= 11 is 0.753. The average molecular weight is 498 g/mol. The molecule has 0 spiro atoms. The Morgan fingerprint density at radius 1 is 1.14 bits per heavy atom.